The van der Waals surface area contributed by atoms with Crippen molar-refractivity contribution in [3.63, 3.8) is 0 Å². The summed E-state index contributed by atoms with van der Waals surface area (Å²) in [6.45, 7) is 6.71. The van der Waals surface area contributed by atoms with Crippen molar-refractivity contribution in [1.29, 1.82) is 0 Å². The molecule has 0 unspecified atom stereocenters. The maximum Gasteiger partial charge on any atom is 0.167 e. The fraction of sp³-hybridized carbons (Fsp3) is 0.211. The van der Waals surface area contributed by atoms with Gasteiger partial charge < -0.3 is 9.14 Å². The maximum absolute atomic E-state index is 11.6. The summed E-state index contributed by atoms with van der Waals surface area (Å²) in [7, 11) is 0. The van der Waals surface area contributed by atoms with E-state index >= 15 is 0 Å². The molecule has 0 saturated carbocycles. The number of ether oxygens (including phenoxy) is 1. The highest BCUT2D eigenvalue weighted by Crippen LogP contribution is 2.33. The molecule has 112 valence electrons. The fourth-order valence-electron chi connectivity index (χ4n) is 2.87. The van der Waals surface area contributed by atoms with Gasteiger partial charge in [-0.05, 0) is 67.8 Å². The van der Waals surface area contributed by atoms with Crippen LogP contribution in [0.15, 0.2) is 42.6 Å². The molecule has 3 heteroatoms. The Hall–Kier alpha value is -2.55. The minimum atomic E-state index is 0.648. The summed E-state index contributed by atoms with van der Waals surface area (Å²) in [5.74, 6) is 0.903. The summed E-state index contributed by atoms with van der Waals surface area (Å²) in [5.41, 5.74) is 5.92. The monoisotopic (exact) mass is 293 g/mol. The molecular weight excluding hydrogens is 274 g/mol. The van der Waals surface area contributed by atoms with Crippen LogP contribution < -0.4 is 4.74 Å². The molecule has 2 aromatic heterocycles. The van der Waals surface area contributed by atoms with E-state index in [1.54, 1.807) is 0 Å². The average Bonchev–Trinajstić information content (AvgIpc) is 2.89. The number of fused-ring (bicyclic) bond motifs is 1. The number of aromatic nitrogens is 1. The van der Waals surface area contributed by atoms with E-state index in [4.69, 9.17) is 4.74 Å². The van der Waals surface area contributed by atoms with Gasteiger partial charge in [-0.1, -0.05) is 6.07 Å². The zero-order chi connectivity index (χ0) is 15.7. The summed E-state index contributed by atoms with van der Waals surface area (Å²) in [6.07, 6.45) is 2.84. The molecule has 0 fully saturated rings. The molecule has 2 heterocycles. The normalized spacial score (nSPS) is 10.9. The molecule has 3 aromatic rings. The van der Waals surface area contributed by atoms with Gasteiger partial charge in [0.05, 0.1) is 12.3 Å². The lowest BCUT2D eigenvalue weighted by molar-refractivity contribution is 0.111. The maximum atomic E-state index is 11.6. The van der Waals surface area contributed by atoms with Crippen LogP contribution in [-0.4, -0.2) is 17.3 Å². The van der Waals surface area contributed by atoms with Gasteiger partial charge in [-0.2, -0.15) is 0 Å². The van der Waals surface area contributed by atoms with Gasteiger partial charge in [-0.3, -0.25) is 4.79 Å². The highest BCUT2D eigenvalue weighted by Gasteiger charge is 2.14. The quantitative estimate of drug-likeness (QED) is 0.666. The molecule has 3 rings (SSSR count). The van der Waals surface area contributed by atoms with Crippen molar-refractivity contribution >= 4 is 11.8 Å². The van der Waals surface area contributed by atoms with Crippen LogP contribution in [-0.2, 0) is 0 Å². The molecule has 0 amide bonds. The molecule has 0 radical (unpaired) electrons. The number of carbonyl (C=O) groups is 1. The van der Waals surface area contributed by atoms with Gasteiger partial charge in [0.2, 0.25) is 0 Å². The van der Waals surface area contributed by atoms with E-state index in [-0.39, 0.29) is 0 Å². The van der Waals surface area contributed by atoms with Crippen LogP contribution in [0.4, 0.5) is 0 Å². The molecule has 0 aliphatic heterocycles. The zero-order valence-electron chi connectivity index (χ0n) is 13.1. The standard InChI is InChI=1S/C19H19NO2/c1-4-22-19-10-13(2)16(9-14(19)3)17-11-15-7-5-6-8-20(15)18(17)12-21/h5-12H,4H2,1-3H3. The number of nitrogens with zero attached hydrogens (tertiary/aromatic N) is 1. The Labute approximate surface area is 130 Å². The molecule has 0 N–H and O–H groups in total. The smallest absolute Gasteiger partial charge is 0.167 e. The molecular formula is C19H19NO2. The Morgan fingerprint density at radius 2 is 1.91 bits per heavy atom. The minimum absolute atomic E-state index is 0.648. The zero-order valence-corrected chi connectivity index (χ0v) is 13.1. The third kappa shape index (κ3) is 2.29. The number of carbonyl (C=O) groups excluding carboxylic acids is 1. The van der Waals surface area contributed by atoms with E-state index in [1.807, 2.05) is 55.6 Å². The van der Waals surface area contributed by atoms with Crippen molar-refractivity contribution in [2.75, 3.05) is 6.61 Å². The Balaban J connectivity index is 2.23. The summed E-state index contributed by atoms with van der Waals surface area (Å²) in [5, 5.41) is 0. The predicted octanol–water partition coefficient (Wildman–Crippen LogP) is 4.43. The Morgan fingerprint density at radius 3 is 2.64 bits per heavy atom. The van der Waals surface area contributed by atoms with E-state index in [0.29, 0.717) is 12.3 Å². The molecule has 1 aromatic carbocycles. The molecule has 3 nitrogen and oxygen atoms in total. The number of benzene rings is 1. The van der Waals surface area contributed by atoms with E-state index < -0.39 is 0 Å². The summed E-state index contributed by atoms with van der Waals surface area (Å²) in [6, 6.07) is 12.1. The minimum Gasteiger partial charge on any atom is -0.494 e. The van der Waals surface area contributed by atoms with Gasteiger partial charge in [0.25, 0.3) is 0 Å². The largest absolute Gasteiger partial charge is 0.494 e. The lowest BCUT2D eigenvalue weighted by atomic mass is 9.98. The number of rotatable bonds is 4. The summed E-state index contributed by atoms with van der Waals surface area (Å²) in [4.78, 5) is 11.6. The highest BCUT2D eigenvalue weighted by atomic mass is 16.5. The Kier molecular flexibility index (Phi) is 3.72. The van der Waals surface area contributed by atoms with Crippen LogP contribution in [0.5, 0.6) is 5.75 Å². The van der Waals surface area contributed by atoms with Crippen molar-refractivity contribution in [1.82, 2.24) is 4.40 Å². The third-order valence-electron chi connectivity index (χ3n) is 3.94. The second-order valence-electron chi connectivity index (χ2n) is 5.42. The van der Waals surface area contributed by atoms with Crippen molar-refractivity contribution in [2.45, 2.75) is 20.8 Å². The molecule has 0 bridgehead atoms. The Morgan fingerprint density at radius 1 is 1.09 bits per heavy atom. The topological polar surface area (TPSA) is 30.7 Å². The SMILES string of the molecule is CCOc1cc(C)c(-c2cc3ccccn3c2C=O)cc1C. The van der Waals surface area contributed by atoms with Crippen LogP contribution in [0.25, 0.3) is 16.6 Å². The number of hydrogen-bond donors (Lipinski definition) is 0. The molecule has 0 aliphatic rings. The number of aldehydes is 1. The van der Waals surface area contributed by atoms with E-state index in [0.717, 1.165) is 39.8 Å². The number of aryl methyl sites for hydroxylation is 2. The van der Waals surface area contributed by atoms with Gasteiger partial charge in [0.15, 0.2) is 6.29 Å². The van der Waals surface area contributed by atoms with Gasteiger partial charge in [-0.15, -0.1) is 0 Å². The fourth-order valence-corrected chi connectivity index (χ4v) is 2.87. The Bertz CT molecular complexity index is 846. The summed E-state index contributed by atoms with van der Waals surface area (Å²) >= 11 is 0. The van der Waals surface area contributed by atoms with Crippen LogP contribution in [0.1, 0.15) is 28.5 Å². The number of pyridine rings is 1. The third-order valence-corrected chi connectivity index (χ3v) is 3.94. The second kappa shape index (κ2) is 5.68. The van der Waals surface area contributed by atoms with Crippen molar-refractivity contribution in [3.05, 3.63) is 59.4 Å². The molecule has 22 heavy (non-hydrogen) atoms. The van der Waals surface area contributed by atoms with E-state index in [9.17, 15) is 4.79 Å². The van der Waals surface area contributed by atoms with Crippen molar-refractivity contribution in [3.8, 4) is 16.9 Å². The molecule has 0 atom stereocenters. The van der Waals surface area contributed by atoms with Crippen LogP contribution in [0.3, 0.4) is 0 Å². The van der Waals surface area contributed by atoms with Gasteiger partial charge in [0, 0.05) is 17.3 Å². The lowest BCUT2D eigenvalue weighted by Gasteiger charge is -2.12. The molecule has 0 saturated heterocycles. The lowest BCUT2D eigenvalue weighted by Crippen LogP contribution is -1.97. The van der Waals surface area contributed by atoms with Gasteiger partial charge >= 0.3 is 0 Å². The first-order valence-electron chi connectivity index (χ1n) is 7.45. The van der Waals surface area contributed by atoms with Crippen molar-refractivity contribution in [2.24, 2.45) is 0 Å². The summed E-state index contributed by atoms with van der Waals surface area (Å²) < 4.78 is 7.57. The van der Waals surface area contributed by atoms with Crippen LogP contribution in [0.2, 0.25) is 0 Å². The second-order valence-corrected chi connectivity index (χ2v) is 5.42. The van der Waals surface area contributed by atoms with E-state index in [2.05, 4.69) is 12.1 Å². The first kappa shape index (κ1) is 14.4. The van der Waals surface area contributed by atoms with Gasteiger partial charge in [-0.25, -0.2) is 0 Å². The first-order chi connectivity index (χ1) is 10.7. The predicted molar refractivity (Wildman–Crippen MR) is 88.9 cm³/mol. The average molecular weight is 293 g/mol. The first-order valence-corrected chi connectivity index (χ1v) is 7.45. The molecule has 0 spiro atoms. The molecule has 0 aliphatic carbocycles. The number of hydrogen-bond acceptors (Lipinski definition) is 2. The van der Waals surface area contributed by atoms with Gasteiger partial charge in [0.1, 0.15) is 5.75 Å². The van der Waals surface area contributed by atoms with E-state index in [1.165, 1.54) is 0 Å². The van der Waals surface area contributed by atoms with Crippen molar-refractivity contribution < 1.29 is 9.53 Å². The van der Waals surface area contributed by atoms with Crippen LogP contribution >= 0.6 is 0 Å². The van der Waals surface area contributed by atoms with Crippen LogP contribution in [0, 0.1) is 13.8 Å². The highest BCUT2D eigenvalue weighted by molar-refractivity contribution is 5.91.